The Bertz CT molecular complexity index is 2790. The van der Waals surface area contributed by atoms with Gasteiger partial charge in [-0.05, 0) is 32.8 Å². The molecule has 0 aliphatic carbocycles. The second-order valence-corrected chi connectivity index (χ2v) is 17.3. The number of nitrogens with one attached hydrogen (secondary N) is 1. The summed E-state index contributed by atoms with van der Waals surface area (Å²) in [4.78, 5) is 61.5. The summed E-state index contributed by atoms with van der Waals surface area (Å²) in [5, 5.41) is 58.9. The molecule has 4 aromatic rings. The van der Waals surface area contributed by atoms with Crippen molar-refractivity contribution >= 4 is 62.0 Å². The summed E-state index contributed by atoms with van der Waals surface area (Å²) in [6.07, 6.45) is 4.08. The fourth-order valence-electron chi connectivity index (χ4n) is 8.74. The monoisotopic (exact) mass is 885 g/mol. The van der Waals surface area contributed by atoms with Crippen molar-refractivity contribution in [2.45, 2.75) is 104 Å². The van der Waals surface area contributed by atoms with Gasteiger partial charge in [-0.2, -0.15) is 0 Å². The number of phenolic OH excluding ortho intramolecular Hbond substituents is 1. The lowest BCUT2D eigenvalue weighted by molar-refractivity contribution is -0.155. The van der Waals surface area contributed by atoms with Crippen LogP contribution in [-0.4, -0.2) is 98.9 Å². The maximum Gasteiger partial charge on any atom is 0.307 e. The molecule has 0 saturated carbocycles. The summed E-state index contributed by atoms with van der Waals surface area (Å²) in [6.45, 7) is 11.7. The van der Waals surface area contributed by atoms with E-state index < -0.39 is 94.0 Å². The average molecular weight is 886 g/mol. The number of aromatic hydroxyl groups is 1. The number of amides is 1. The molecule has 0 unspecified atom stereocenters. The number of phenols is 1. The van der Waals surface area contributed by atoms with E-state index in [0.717, 1.165) is 0 Å². The number of piperidine rings is 1. The van der Waals surface area contributed by atoms with Gasteiger partial charge in [0.2, 0.25) is 10.9 Å². The predicted molar refractivity (Wildman–Crippen MR) is 238 cm³/mol. The molecule has 7 rings (SSSR count). The van der Waals surface area contributed by atoms with Gasteiger partial charge in [-0.25, -0.2) is 4.98 Å². The van der Waals surface area contributed by atoms with E-state index in [1.807, 2.05) is 4.90 Å². The number of carbonyl (C=O) groups is 2. The zero-order valence-corrected chi connectivity index (χ0v) is 37.0. The molecule has 1 amide bonds. The quantitative estimate of drug-likeness (QED) is 0.0955. The fraction of sp³-hybridized carbons (Fsp3) is 0.468. The SMILES string of the molecule is CO[C@H]1/C=C/O[C@@]2(C)Oc3c(C)c(O)c4c(=O)c(c5oc6cc(N7CCC(O)CC7)cc(=O)c6nc5c4c3=C2O)NC(=O)/C(C)=C\C=C\[C@H](C)[C@H](O)[C@@H](C)[C@@H](O)[C@@H](C)[C@H](OC(C)=O)C1. The fourth-order valence-corrected chi connectivity index (χ4v) is 8.74. The number of rotatable bonds is 3. The van der Waals surface area contributed by atoms with E-state index in [1.165, 1.54) is 59.3 Å². The number of esters is 1. The van der Waals surface area contributed by atoms with Crippen molar-refractivity contribution in [2.75, 3.05) is 30.4 Å². The van der Waals surface area contributed by atoms with Crippen molar-refractivity contribution < 1.29 is 58.5 Å². The van der Waals surface area contributed by atoms with Gasteiger partial charge in [-0.15, -0.1) is 0 Å². The van der Waals surface area contributed by atoms with Gasteiger partial charge in [0.15, 0.2) is 22.4 Å². The van der Waals surface area contributed by atoms with Crippen molar-refractivity contribution in [2.24, 2.45) is 17.8 Å². The first-order chi connectivity index (χ1) is 30.3. The Morgan fingerprint density at radius 3 is 2.34 bits per heavy atom. The topological polar surface area (TPSA) is 248 Å². The first-order valence-corrected chi connectivity index (χ1v) is 21.3. The third-order valence-electron chi connectivity index (χ3n) is 12.8. The molecule has 3 aromatic carbocycles. The van der Waals surface area contributed by atoms with Crippen LogP contribution in [0.4, 0.5) is 11.4 Å². The number of aliphatic hydroxyl groups excluding tert-OH is 4. The lowest BCUT2D eigenvalue weighted by Crippen LogP contribution is -2.43. The number of fused-ring (bicyclic) bond motifs is 2. The van der Waals surface area contributed by atoms with Crippen LogP contribution in [0.3, 0.4) is 0 Å². The number of anilines is 2. The van der Waals surface area contributed by atoms with Gasteiger partial charge in [-0.3, -0.25) is 19.2 Å². The van der Waals surface area contributed by atoms with Crippen LogP contribution in [0, 0.1) is 24.7 Å². The van der Waals surface area contributed by atoms with Crippen LogP contribution in [0.1, 0.15) is 66.4 Å². The Labute approximate surface area is 367 Å². The van der Waals surface area contributed by atoms with E-state index in [2.05, 4.69) is 5.32 Å². The summed E-state index contributed by atoms with van der Waals surface area (Å²) in [5.41, 5.74) is -1.74. The van der Waals surface area contributed by atoms with Crippen LogP contribution < -0.4 is 31.0 Å². The van der Waals surface area contributed by atoms with Gasteiger partial charge in [0, 0.05) is 92.6 Å². The lowest BCUT2D eigenvalue weighted by Gasteiger charge is -2.35. The number of ether oxygens (including phenoxy) is 4. The molecule has 3 aliphatic heterocycles. The molecule has 64 heavy (non-hydrogen) atoms. The Hall–Kier alpha value is -6.01. The molecule has 17 nitrogen and oxygen atoms in total. The molecule has 342 valence electrons. The molecule has 1 aromatic heterocycles. The smallest absolute Gasteiger partial charge is 0.307 e. The van der Waals surface area contributed by atoms with E-state index >= 15 is 0 Å². The summed E-state index contributed by atoms with van der Waals surface area (Å²) < 4.78 is 30.0. The van der Waals surface area contributed by atoms with E-state index in [-0.39, 0.29) is 61.5 Å². The average Bonchev–Trinajstić information content (AvgIpc) is 3.52. The second kappa shape index (κ2) is 17.9. The summed E-state index contributed by atoms with van der Waals surface area (Å²) >= 11 is 0. The molecule has 8 atom stereocenters. The maximum absolute atomic E-state index is 14.8. The van der Waals surface area contributed by atoms with E-state index in [9.17, 15) is 44.7 Å². The zero-order chi connectivity index (χ0) is 46.5. The number of benzene rings is 3. The Morgan fingerprint density at radius 1 is 0.969 bits per heavy atom. The molecule has 6 N–H and O–H groups in total. The number of nitrogens with zero attached hydrogens (tertiary/aromatic N) is 2. The summed E-state index contributed by atoms with van der Waals surface area (Å²) in [5.74, 6) is -6.38. The highest BCUT2D eigenvalue weighted by atomic mass is 16.7. The third kappa shape index (κ3) is 8.40. The minimum absolute atomic E-state index is 0.0145. The summed E-state index contributed by atoms with van der Waals surface area (Å²) in [7, 11) is 1.43. The number of aromatic nitrogens is 1. The molecule has 4 heterocycles. The Kier molecular flexibility index (Phi) is 12.8. The van der Waals surface area contributed by atoms with Crippen molar-refractivity contribution in [3.8, 4) is 11.5 Å². The molecule has 0 spiro atoms. The number of hydrogen-bond donors (Lipinski definition) is 6. The first-order valence-electron chi connectivity index (χ1n) is 21.3. The maximum atomic E-state index is 14.8. The highest BCUT2D eigenvalue weighted by Crippen LogP contribution is 2.42. The van der Waals surface area contributed by atoms with Crippen LogP contribution >= 0.6 is 0 Å². The highest BCUT2D eigenvalue weighted by molar-refractivity contribution is 6.16. The number of carbonyl (C=O) groups excluding carboxylic acids is 2. The first kappa shape index (κ1) is 46.0. The molecule has 1 saturated heterocycles. The van der Waals surface area contributed by atoms with E-state index in [4.69, 9.17) is 28.3 Å². The molecule has 17 heteroatoms. The molecule has 1 fully saturated rings. The van der Waals surface area contributed by atoms with E-state index in [0.29, 0.717) is 31.6 Å². The summed E-state index contributed by atoms with van der Waals surface area (Å²) in [6, 6.07) is 2.99. The second-order valence-electron chi connectivity index (χ2n) is 17.3. The van der Waals surface area contributed by atoms with Crippen LogP contribution in [0.25, 0.3) is 38.7 Å². The van der Waals surface area contributed by atoms with Gasteiger partial charge in [0.25, 0.3) is 5.91 Å². The standard InChI is InChI=1S/C47H55N3O14/c1-21-10-9-11-22(2)46(59)49-38-42(57)34-33(37-44(38)63-32-19-27(18-30(53)36(32)48-37)50-15-12-28(52)13-16-50)35-43(25(5)41(34)56)64-47(7,45(35)58)61-17-14-29(60-8)20-31(62-26(6)51)23(3)40(55)24(4)39(21)54/h9-11,14,17-19,21,23-24,28-29,31,39-40,52,54-56,58H,12-13,15-16,20H2,1-8H3,(H,49,59)/b10-9+,17-14+,22-11-/t21-,23-,24+,29-,31+,39-,40-,47-/m0/s1. The van der Waals surface area contributed by atoms with Crippen LogP contribution in [0.5, 0.6) is 11.5 Å². The largest absolute Gasteiger partial charge is 0.507 e. The van der Waals surface area contributed by atoms with Crippen LogP contribution in [0.15, 0.2) is 62.3 Å². The number of methoxy groups -OCH3 is 1. The van der Waals surface area contributed by atoms with E-state index in [1.54, 1.807) is 39.0 Å². The molecular formula is C47H55N3O14. The van der Waals surface area contributed by atoms with Crippen molar-refractivity contribution in [1.29, 1.82) is 0 Å². The van der Waals surface area contributed by atoms with Gasteiger partial charge in [0.1, 0.15) is 28.8 Å². The predicted octanol–water partition coefficient (Wildman–Crippen LogP) is 4.28. The molecular weight excluding hydrogens is 831 g/mol. The molecule has 0 radical (unpaired) electrons. The van der Waals surface area contributed by atoms with Gasteiger partial charge < -0.3 is 59.1 Å². The van der Waals surface area contributed by atoms with Gasteiger partial charge in [-0.1, -0.05) is 39.0 Å². The number of hydrogen-bond acceptors (Lipinski definition) is 16. The Morgan fingerprint density at radius 2 is 1.67 bits per heavy atom. The minimum Gasteiger partial charge on any atom is -0.507 e. The minimum atomic E-state index is -1.98. The van der Waals surface area contributed by atoms with Gasteiger partial charge >= 0.3 is 11.8 Å². The molecule has 3 aliphatic rings. The third-order valence-corrected chi connectivity index (χ3v) is 12.8. The Balaban J connectivity index is 1.47. The lowest BCUT2D eigenvalue weighted by atomic mass is 9.81. The number of aliphatic hydroxyl groups is 4. The molecule has 4 bridgehead atoms. The highest BCUT2D eigenvalue weighted by Gasteiger charge is 2.44. The van der Waals surface area contributed by atoms with Crippen LogP contribution in [-0.2, 0) is 23.8 Å². The normalized spacial score (nSPS) is 29.3. The van der Waals surface area contributed by atoms with Crippen LogP contribution in [0.2, 0.25) is 0 Å². The zero-order valence-electron chi connectivity index (χ0n) is 37.0. The van der Waals surface area contributed by atoms with Crippen molar-refractivity contribution in [1.82, 2.24) is 4.98 Å². The van der Waals surface area contributed by atoms with Gasteiger partial charge in [0.05, 0.1) is 41.3 Å². The number of allylic oxidation sites excluding steroid dienone is 2. The van der Waals surface area contributed by atoms with Crippen molar-refractivity contribution in [3.05, 3.63) is 79.5 Å². The van der Waals surface area contributed by atoms with Crippen molar-refractivity contribution in [3.63, 3.8) is 0 Å².